The van der Waals surface area contributed by atoms with Crippen molar-refractivity contribution >= 4 is 17.4 Å². The molecule has 1 aromatic carbocycles. The summed E-state index contributed by atoms with van der Waals surface area (Å²) in [6.07, 6.45) is -6.08. The molecule has 0 unspecified atom stereocenters. The topological polar surface area (TPSA) is 165 Å². The Kier molecular flexibility index (Phi) is 2.37. The summed E-state index contributed by atoms with van der Waals surface area (Å²) in [4.78, 5) is 16.6. The van der Waals surface area contributed by atoms with Gasteiger partial charge in [0, 0.05) is 0 Å². The van der Waals surface area contributed by atoms with E-state index in [1.54, 1.807) is 12.1 Å². The fraction of sp³-hybridized carbons (Fsp3) is 0. The summed E-state index contributed by atoms with van der Waals surface area (Å²) in [5, 5.41) is 0. The number of hydrogen-bond acceptors (Lipinski definition) is 5. The molecule has 0 N–H and O–H groups in total. The minimum absolute atomic E-state index is 0.0280. The Morgan fingerprint density at radius 3 is 1.58 bits per heavy atom. The van der Waals surface area contributed by atoms with Crippen molar-refractivity contribution in [2.75, 3.05) is 0 Å². The summed E-state index contributed by atoms with van der Waals surface area (Å²) in [5.74, 6) is 0.0560. The average molecular weight is 301 g/mol. The Morgan fingerprint density at radius 2 is 1.26 bits per heavy atom. The molecule has 0 fully saturated rings. The first-order chi connectivity index (χ1) is 8.94. The molecule has 11 nitrogen and oxygen atoms in total. The Morgan fingerprint density at radius 1 is 0.895 bits per heavy atom. The summed E-state index contributed by atoms with van der Waals surface area (Å²) in [6.45, 7) is 0. The summed E-state index contributed by atoms with van der Waals surface area (Å²) in [6, 6.07) is 5.98. The van der Waals surface area contributed by atoms with Crippen LogP contribution in [0.5, 0.6) is 11.5 Å². The van der Waals surface area contributed by atoms with Crippen LogP contribution in [0.2, 0.25) is 0 Å². The van der Waals surface area contributed by atoms with Gasteiger partial charge in [-0.2, -0.15) is 0 Å². The normalized spacial score (nSPS) is 22.8. The van der Waals surface area contributed by atoms with Crippen LogP contribution in [0.4, 0.5) is 0 Å². The second kappa shape index (κ2) is 3.49. The minimum atomic E-state index is -6.08. The number of fused-ring (bicyclic) bond motifs is 1. The zero-order chi connectivity index (χ0) is 14.0. The molecule has 19 heavy (non-hydrogen) atoms. The molecule has 0 bridgehead atoms. The Balaban J connectivity index is 2.89. The first kappa shape index (κ1) is 12.9. The molecule has 0 aromatic heterocycles. The quantitative estimate of drug-likeness (QED) is 0.324. The summed E-state index contributed by atoms with van der Waals surface area (Å²) < 4.78 is 10.4. The van der Waals surface area contributed by atoms with E-state index in [0.29, 0.717) is 0 Å². The van der Waals surface area contributed by atoms with Crippen molar-refractivity contribution in [2.45, 2.75) is 0 Å². The third-order valence-electron chi connectivity index (χ3n) is 2.11. The number of para-hydroxylation sites is 2. The number of benzene rings is 1. The SMILES string of the molecule is [N-]=[N+]=N[P-]1(Cl)(N=[N+]=[N-])(N=[N+]=[N-])Oc2ccccc2O1. The van der Waals surface area contributed by atoms with Gasteiger partial charge in [0.1, 0.15) is 0 Å². The van der Waals surface area contributed by atoms with Gasteiger partial charge in [0.2, 0.25) is 0 Å². The van der Waals surface area contributed by atoms with E-state index in [2.05, 4.69) is 29.4 Å². The zero-order valence-electron chi connectivity index (χ0n) is 8.98. The van der Waals surface area contributed by atoms with Crippen LogP contribution in [-0.4, -0.2) is 0 Å². The van der Waals surface area contributed by atoms with Crippen LogP contribution in [0.25, 0.3) is 31.3 Å². The number of halogens is 1. The molecule has 0 radical (unpaired) electrons. The van der Waals surface area contributed by atoms with E-state index in [1.165, 1.54) is 12.1 Å². The van der Waals surface area contributed by atoms with Crippen molar-refractivity contribution in [1.29, 1.82) is 0 Å². The van der Waals surface area contributed by atoms with Gasteiger partial charge in [0.05, 0.1) is 0 Å². The van der Waals surface area contributed by atoms with E-state index in [1.807, 2.05) is 0 Å². The zero-order valence-corrected chi connectivity index (χ0v) is 10.6. The molecule has 98 valence electrons. The molecule has 1 aliphatic rings. The van der Waals surface area contributed by atoms with Crippen LogP contribution in [0, 0.1) is 0 Å². The molecule has 1 aromatic rings. The number of rotatable bonds is 3. The number of azide groups is 1. The van der Waals surface area contributed by atoms with Crippen molar-refractivity contribution in [3.05, 3.63) is 55.6 Å². The Hall–Kier alpha value is -2.53. The van der Waals surface area contributed by atoms with Gasteiger partial charge in [-0.3, -0.25) is 0 Å². The van der Waals surface area contributed by atoms with Crippen LogP contribution >= 0.6 is 17.4 Å². The molecule has 0 spiro atoms. The molecule has 0 saturated heterocycles. The van der Waals surface area contributed by atoms with E-state index in [0.717, 1.165) is 0 Å². The van der Waals surface area contributed by atoms with Gasteiger partial charge < -0.3 is 0 Å². The van der Waals surface area contributed by atoms with Gasteiger partial charge in [0.25, 0.3) is 0 Å². The van der Waals surface area contributed by atoms with Crippen molar-refractivity contribution in [1.82, 2.24) is 0 Å². The predicted octanol–water partition coefficient (Wildman–Crippen LogP) is 5.21. The average Bonchev–Trinajstić information content (AvgIpc) is 2.60. The summed E-state index contributed by atoms with van der Waals surface area (Å²) in [5.41, 5.74) is 25.9. The van der Waals surface area contributed by atoms with Gasteiger partial charge in [-0.1, -0.05) is 0 Å². The molecule has 0 saturated carbocycles. The van der Waals surface area contributed by atoms with Crippen LogP contribution in [0.1, 0.15) is 0 Å². The van der Waals surface area contributed by atoms with Crippen molar-refractivity contribution in [3.8, 4) is 11.5 Å². The van der Waals surface area contributed by atoms with Gasteiger partial charge in [-0.05, 0) is 0 Å². The predicted molar refractivity (Wildman–Crippen MR) is 67.9 cm³/mol. The van der Waals surface area contributed by atoms with Gasteiger partial charge in [0.15, 0.2) is 0 Å². The molecule has 0 amide bonds. The third-order valence-corrected chi connectivity index (χ3v) is 5.67. The molecule has 2 rings (SSSR count). The number of hydrogen-bond donors (Lipinski definition) is 0. The van der Waals surface area contributed by atoms with E-state index >= 15 is 0 Å². The van der Waals surface area contributed by atoms with Gasteiger partial charge in [-0.15, -0.1) is 0 Å². The molecular formula is C6H4ClN9O2P-. The molecule has 13 heteroatoms. The Labute approximate surface area is 109 Å². The third kappa shape index (κ3) is 1.71. The Bertz CT molecular complexity index is 650. The second-order valence-electron chi connectivity index (χ2n) is 3.36. The van der Waals surface area contributed by atoms with Crippen molar-refractivity contribution in [3.63, 3.8) is 0 Å². The standard InChI is InChI=1S/C6H4ClN9O2P/c7-19(14-11-8,15-12-9,16-13-10)17-5-3-1-2-4-6(5)18-19/h1-4H/q-1. The second-order valence-corrected chi connectivity index (χ2v) is 8.85. The van der Waals surface area contributed by atoms with Crippen molar-refractivity contribution in [2.24, 2.45) is 14.7 Å². The summed E-state index contributed by atoms with van der Waals surface area (Å²) in [7, 11) is 0. The maximum absolute atomic E-state index is 8.64. The molecule has 0 aliphatic carbocycles. The molecule has 1 heterocycles. The fourth-order valence-electron chi connectivity index (χ4n) is 1.45. The van der Waals surface area contributed by atoms with Crippen LogP contribution < -0.4 is 9.05 Å². The molecular weight excluding hydrogens is 297 g/mol. The molecule has 0 atom stereocenters. The van der Waals surface area contributed by atoms with E-state index in [-0.39, 0.29) is 11.5 Å². The van der Waals surface area contributed by atoms with Crippen LogP contribution in [0.15, 0.2) is 38.9 Å². The van der Waals surface area contributed by atoms with Gasteiger partial charge >= 0.3 is 108 Å². The first-order valence-corrected chi connectivity index (χ1v) is 7.85. The van der Waals surface area contributed by atoms with Gasteiger partial charge in [-0.25, -0.2) is 0 Å². The van der Waals surface area contributed by atoms with E-state index < -0.39 is 6.20 Å². The van der Waals surface area contributed by atoms with Crippen LogP contribution in [-0.2, 0) is 0 Å². The van der Waals surface area contributed by atoms with Crippen LogP contribution in [0.3, 0.4) is 0 Å². The first-order valence-electron chi connectivity index (χ1n) is 4.57. The fourth-order valence-corrected chi connectivity index (χ4v) is 4.17. The van der Waals surface area contributed by atoms with E-state index in [9.17, 15) is 0 Å². The van der Waals surface area contributed by atoms with E-state index in [4.69, 9.17) is 36.9 Å². The molecule has 1 aliphatic heterocycles. The monoisotopic (exact) mass is 300 g/mol. The van der Waals surface area contributed by atoms with Crippen molar-refractivity contribution < 1.29 is 9.05 Å². The maximum atomic E-state index is 8.64. The summed E-state index contributed by atoms with van der Waals surface area (Å²) >= 11 is 6.08. The number of nitrogens with zero attached hydrogens (tertiary/aromatic N) is 9.